The Hall–Kier alpha value is -3.53. The van der Waals surface area contributed by atoms with E-state index in [4.69, 9.17) is 4.74 Å². The molecule has 2 heterocycles. The highest BCUT2D eigenvalue weighted by atomic mass is 32.1. The first-order chi connectivity index (χ1) is 15.6. The number of fused-ring (bicyclic) bond motifs is 1. The molecule has 1 aliphatic heterocycles. The fourth-order valence-corrected chi connectivity index (χ4v) is 5.06. The second kappa shape index (κ2) is 8.43. The Morgan fingerprint density at radius 1 is 1.24 bits per heavy atom. The summed E-state index contributed by atoms with van der Waals surface area (Å²) >= 11 is 1.07. The van der Waals surface area contributed by atoms with Gasteiger partial charge in [0.15, 0.2) is 11.5 Å². The van der Waals surface area contributed by atoms with Crippen LogP contribution >= 0.6 is 11.3 Å². The number of ether oxygens (including phenoxy) is 1. The molecule has 33 heavy (non-hydrogen) atoms. The average molecular weight is 476 g/mol. The Morgan fingerprint density at radius 3 is 2.70 bits per heavy atom. The number of hydrogen-bond acceptors (Lipinski definition) is 5. The number of methoxy groups -OCH3 is 1. The molecule has 0 radical (unpaired) electrons. The summed E-state index contributed by atoms with van der Waals surface area (Å²) in [6, 6.07) is 9.20. The van der Waals surface area contributed by atoms with E-state index < -0.39 is 17.6 Å². The third kappa shape index (κ3) is 4.38. The first-order valence-corrected chi connectivity index (χ1v) is 10.7. The Balaban J connectivity index is 1.69. The fourth-order valence-electron chi connectivity index (χ4n) is 3.88. The van der Waals surface area contributed by atoms with Gasteiger partial charge in [-0.3, -0.25) is 9.59 Å². The summed E-state index contributed by atoms with van der Waals surface area (Å²) in [5, 5.41) is 15.7. The molecule has 2 amide bonds. The molecule has 0 aliphatic carbocycles. The number of amides is 2. The van der Waals surface area contributed by atoms with E-state index in [2.05, 4.69) is 10.6 Å². The maximum absolute atomic E-state index is 13.0. The van der Waals surface area contributed by atoms with E-state index in [1.165, 1.54) is 25.3 Å². The summed E-state index contributed by atoms with van der Waals surface area (Å²) in [6.07, 6.45) is -4.39. The van der Waals surface area contributed by atoms with Crippen molar-refractivity contribution in [2.24, 2.45) is 0 Å². The van der Waals surface area contributed by atoms with Crippen molar-refractivity contribution in [3.63, 3.8) is 0 Å². The number of rotatable bonds is 4. The number of thiophene rings is 1. The lowest BCUT2D eigenvalue weighted by Crippen LogP contribution is -2.22. The summed E-state index contributed by atoms with van der Waals surface area (Å²) in [7, 11) is 1.42. The quantitative estimate of drug-likeness (QED) is 0.463. The number of anilines is 2. The zero-order valence-electron chi connectivity index (χ0n) is 17.5. The van der Waals surface area contributed by atoms with Gasteiger partial charge in [-0.2, -0.15) is 13.2 Å². The van der Waals surface area contributed by atoms with Crippen molar-refractivity contribution in [3.8, 4) is 11.5 Å². The minimum Gasteiger partial charge on any atom is -0.504 e. The molecule has 1 unspecified atom stereocenters. The Bertz CT molecular complexity index is 1250. The molecule has 1 aliphatic rings. The normalized spacial score (nSPS) is 15.5. The maximum atomic E-state index is 13.0. The molecule has 2 aromatic carbocycles. The van der Waals surface area contributed by atoms with Crippen LogP contribution in [0.4, 0.5) is 23.9 Å². The Kier molecular flexibility index (Phi) is 5.79. The highest BCUT2D eigenvalue weighted by Gasteiger charge is 2.34. The zero-order valence-corrected chi connectivity index (χ0v) is 18.4. The van der Waals surface area contributed by atoms with Crippen molar-refractivity contribution in [3.05, 3.63) is 69.6 Å². The monoisotopic (exact) mass is 476 g/mol. The summed E-state index contributed by atoms with van der Waals surface area (Å²) < 4.78 is 44.1. The lowest BCUT2D eigenvalue weighted by Gasteiger charge is -2.24. The number of phenolic OH excluding ortho intramolecular Hbond substituents is 1. The smallest absolute Gasteiger partial charge is 0.416 e. The van der Waals surface area contributed by atoms with E-state index in [-0.39, 0.29) is 40.3 Å². The van der Waals surface area contributed by atoms with Crippen LogP contribution in [0, 0.1) is 6.92 Å². The van der Waals surface area contributed by atoms with Gasteiger partial charge in [-0.1, -0.05) is 12.1 Å². The predicted octanol–water partition coefficient (Wildman–Crippen LogP) is 5.52. The van der Waals surface area contributed by atoms with E-state index in [1.54, 1.807) is 19.1 Å². The molecule has 3 N–H and O–H groups in total. The number of alkyl halides is 3. The molecule has 4 rings (SSSR count). The highest BCUT2D eigenvalue weighted by Crippen LogP contribution is 2.46. The van der Waals surface area contributed by atoms with Crippen LogP contribution in [0.5, 0.6) is 11.5 Å². The minimum absolute atomic E-state index is 0.0180. The van der Waals surface area contributed by atoms with Gasteiger partial charge in [0.2, 0.25) is 5.91 Å². The molecule has 0 saturated heterocycles. The van der Waals surface area contributed by atoms with Crippen LogP contribution in [-0.4, -0.2) is 24.0 Å². The topological polar surface area (TPSA) is 87.7 Å². The zero-order chi connectivity index (χ0) is 23.9. The van der Waals surface area contributed by atoms with Crippen LogP contribution in [-0.2, 0) is 11.0 Å². The SMILES string of the molecule is COc1cc(C2CC(=O)Nc3sc(C(=O)Nc4cccc(C(F)(F)F)c4)c(C)c32)ccc1O. The van der Waals surface area contributed by atoms with Gasteiger partial charge in [-0.05, 0) is 53.9 Å². The van der Waals surface area contributed by atoms with Crippen molar-refractivity contribution >= 4 is 33.8 Å². The molecule has 1 atom stereocenters. The van der Waals surface area contributed by atoms with Crippen molar-refractivity contribution in [2.75, 3.05) is 17.7 Å². The van der Waals surface area contributed by atoms with Crippen LogP contribution in [0.2, 0.25) is 0 Å². The van der Waals surface area contributed by atoms with E-state index in [0.717, 1.165) is 34.6 Å². The largest absolute Gasteiger partial charge is 0.504 e. The molecule has 6 nitrogen and oxygen atoms in total. The molecule has 0 fully saturated rings. The molecule has 0 saturated carbocycles. The van der Waals surface area contributed by atoms with Crippen molar-refractivity contribution in [1.82, 2.24) is 0 Å². The molecule has 172 valence electrons. The van der Waals surface area contributed by atoms with Gasteiger partial charge in [-0.25, -0.2) is 0 Å². The van der Waals surface area contributed by atoms with E-state index in [0.29, 0.717) is 10.6 Å². The standard InChI is InChI=1S/C23H19F3N2O4S/c1-11-19-15(12-6-7-16(29)17(8-12)32-2)10-18(30)28-22(19)33-20(11)21(31)27-14-5-3-4-13(9-14)23(24,25)26/h3-9,15,29H,10H2,1-2H3,(H,27,31)(H,28,30). The third-order valence-corrected chi connectivity index (χ3v) is 6.67. The lowest BCUT2D eigenvalue weighted by molar-refractivity contribution is -0.137. The predicted molar refractivity (Wildman–Crippen MR) is 118 cm³/mol. The average Bonchev–Trinajstić information content (AvgIpc) is 3.09. The first-order valence-electron chi connectivity index (χ1n) is 9.87. The molecule has 10 heteroatoms. The molecule has 0 spiro atoms. The van der Waals surface area contributed by atoms with Crippen LogP contribution < -0.4 is 15.4 Å². The Labute approximate surface area is 191 Å². The molecule has 0 bridgehead atoms. The number of hydrogen-bond donors (Lipinski definition) is 3. The number of aromatic hydroxyl groups is 1. The van der Waals surface area contributed by atoms with Gasteiger partial charge in [-0.15, -0.1) is 11.3 Å². The van der Waals surface area contributed by atoms with Gasteiger partial charge in [0.1, 0.15) is 0 Å². The van der Waals surface area contributed by atoms with Gasteiger partial charge in [0, 0.05) is 18.0 Å². The van der Waals surface area contributed by atoms with Gasteiger partial charge in [0.05, 0.1) is 22.6 Å². The summed E-state index contributed by atoms with van der Waals surface area (Å²) in [4.78, 5) is 25.6. The van der Waals surface area contributed by atoms with Crippen molar-refractivity contribution < 1.29 is 32.6 Å². The van der Waals surface area contributed by atoms with Crippen molar-refractivity contribution in [1.29, 1.82) is 0 Å². The second-order valence-electron chi connectivity index (χ2n) is 7.57. The van der Waals surface area contributed by atoms with Crippen LogP contribution in [0.15, 0.2) is 42.5 Å². The van der Waals surface area contributed by atoms with Crippen molar-refractivity contribution in [2.45, 2.75) is 25.4 Å². The molecule has 1 aromatic heterocycles. The summed E-state index contributed by atoms with van der Waals surface area (Å²) in [5.74, 6) is -0.955. The molecule has 3 aromatic rings. The lowest BCUT2D eigenvalue weighted by atomic mass is 9.84. The molecular weight excluding hydrogens is 457 g/mol. The van der Waals surface area contributed by atoms with Gasteiger partial charge >= 0.3 is 6.18 Å². The number of carbonyl (C=O) groups is 2. The van der Waals surface area contributed by atoms with E-state index in [9.17, 15) is 27.9 Å². The molecular formula is C23H19F3N2O4S. The number of carbonyl (C=O) groups excluding carboxylic acids is 2. The van der Waals surface area contributed by atoms with Crippen LogP contribution in [0.3, 0.4) is 0 Å². The Morgan fingerprint density at radius 2 is 2.00 bits per heavy atom. The minimum atomic E-state index is -4.53. The van der Waals surface area contributed by atoms with Crippen LogP contribution in [0.1, 0.15) is 44.3 Å². The van der Waals surface area contributed by atoms with E-state index in [1.807, 2.05) is 0 Å². The van der Waals surface area contributed by atoms with E-state index >= 15 is 0 Å². The third-order valence-electron chi connectivity index (χ3n) is 5.44. The summed E-state index contributed by atoms with van der Waals surface area (Å²) in [5.41, 5.74) is 1.25. The second-order valence-corrected chi connectivity index (χ2v) is 8.59. The highest BCUT2D eigenvalue weighted by molar-refractivity contribution is 7.18. The first kappa shape index (κ1) is 22.7. The summed E-state index contributed by atoms with van der Waals surface area (Å²) in [6.45, 7) is 1.73. The fraction of sp³-hybridized carbons (Fsp3) is 0.217. The van der Waals surface area contributed by atoms with Gasteiger partial charge < -0.3 is 20.5 Å². The van der Waals surface area contributed by atoms with Gasteiger partial charge in [0.25, 0.3) is 5.91 Å². The number of phenols is 1. The number of benzene rings is 2. The van der Waals surface area contributed by atoms with Crippen LogP contribution in [0.25, 0.3) is 0 Å². The number of halogens is 3. The maximum Gasteiger partial charge on any atom is 0.416 e. The number of nitrogens with one attached hydrogen (secondary N) is 2.